The highest BCUT2D eigenvalue weighted by Crippen LogP contribution is 2.29. The van der Waals surface area contributed by atoms with Crippen LogP contribution < -0.4 is 10.6 Å². The summed E-state index contributed by atoms with van der Waals surface area (Å²) in [6, 6.07) is -0.0774. The number of aryl methyl sites for hydroxylation is 1. The minimum Gasteiger partial charge on any atom is -0.326 e. The summed E-state index contributed by atoms with van der Waals surface area (Å²) in [7, 11) is 0. The van der Waals surface area contributed by atoms with Gasteiger partial charge >= 0.3 is 0 Å². The second-order valence-electron chi connectivity index (χ2n) is 3.45. The number of nitrogens with zero attached hydrogens (tertiary/aromatic N) is 2. The van der Waals surface area contributed by atoms with Crippen LogP contribution >= 0.6 is 15.9 Å². The van der Waals surface area contributed by atoms with Gasteiger partial charge in [0.2, 0.25) is 5.91 Å². The van der Waals surface area contributed by atoms with E-state index in [0.717, 1.165) is 10.2 Å². The largest absolute Gasteiger partial charge is 0.326 e. The van der Waals surface area contributed by atoms with E-state index in [1.54, 1.807) is 4.90 Å². The molecule has 0 radical (unpaired) electrons. The number of halogens is 1. The van der Waals surface area contributed by atoms with E-state index in [-0.39, 0.29) is 11.9 Å². The molecule has 1 aromatic heterocycles. The molecule has 0 aromatic carbocycles. The van der Waals surface area contributed by atoms with E-state index in [1.165, 1.54) is 0 Å². The third-order valence-corrected chi connectivity index (χ3v) is 3.22. The van der Waals surface area contributed by atoms with E-state index in [2.05, 4.69) is 26.1 Å². The molecule has 1 saturated heterocycles. The lowest BCUT2D eigenvalue weighted by atomic mass is 10.3. The number of rotatable bonds is 1. The Bertz CT molecular complexity index is 375. The number of hydrogen-bond donors (Lipinski definition) is 2. The molecule has 1 aromatic rings. The molecule has 1 aliphatic heterocycles. The van der Waals surface area contributed by atoms with Crippen molar-refractivity contribution in [3.05, 3.63) is 10.2 Å². The van der Waals surface area contributed by atoms with Gasteiger partial charge in [0.25, 0.3) is 0 Å². The first-order valence-corrected chi connectivity index (χ1v) is 5.15. The van der Waals surface area contributed by atoms with Gasteiger partial charge in [-0.3, -0.25) is 14.8 Å². The monoisotopic (exact) mass is 258 g/mol. The Morgan fingerprint density at radius 3 is 2.86 bits per heavy atom. The predicted molar refractivity (Wildman–Crippen MR) is 56.0 cm³/mol. The molecule has 14 heavy (non-hydrogen) atoms. The molecule has 1 atom stereocenters. The van der Waals surface area contributed by atoms with E-state index in [1.807, 2.05) is 6.92 Å². The second-order valence-corrected chi connectivity index (χ2v) is 4.25. The molecule has 6 heteroatoms. The average molecular weight is 259 g/mol. The van der Waals surface area contributed by atoms with Crippen LogP contribution in [0.5, 0.6) is 0 Å². The van der Waals surface area contributed by atoms with Gasteiger partial charge in [0.15, 0.2) is 5.82 Å². The topological polar surface area (TPSA) is 75.0 Å². The molecule has 3 N–H and O–H groups in total. The van der Waals surface area contributed by atoms with Gasteiger partial charge in [-0.25, -0.2) is 0 Å². The number of anilines is 1. The molecule has 2 rings (SSSR count). The number of hydrogen-bond acceptors (Lipinski definition) is 3. The van der Waals surface area contributed by atoms with Crippen LogP contribution in [0.15, 0.2) is 4.47 Å². The molecular weight excluding hydrogens is 248 g/mol. The van der Waals surface area contributed by atoms with E-state index < -0.39 is 0 Å². The number of nitrogens with two attached hydrogens (primary N) is 1. The van der Waals surface area contributed by atoms with Gasteiger partial charge in [-0.15, -0.1) is 0 Å². The lowest BCUT2D eigenvalue weighted by Gasteiger charge is -2.12. The fourth-order valence-electron chi connectivity index (χ4n) is 1.52. The van der Waals surface area contributed by atoms with Crippen molar-refractivity contribution in [2.45, 2.75) is 19.4 Å². The van der Waals surface area contributed by atoms with Gasteiger partial charge in [-0.1, -0.05) is 0 Å². The van der Waals surface area contributed by atoms with Gasteiger partial charge < -0.3 is 5.73 Å². The summed E-state index contributed by atoms with van der Waals surface area (Å²) in [5, 5.41) is 6.88. The molecule has 1 aliphatic rings. The zero-order valence-electron chi connectivity index (χ0n) is 7.75. The molecule has 76 valence electrons. The number of H-pyrrole nitrogens is 1. The fourth-order valence-corrected chi connectivity index (χ4v) is 1.91. The van der Waals surface area contributed by atoms with Crippen LogP contribution in [0, 0.1) is 6.92 Å². The van der Waals surface area contributed by atoms with Gasteiger partial charge in [-0.2, -0.15) is 5.10 Å². The van der Waals surface area contributed by atoms with Gasteiger partial charge in [0.1, 0.15) is 0 Å². The summed E-state index contributed by atoms with van der Waals surface area (Å²) in [5.74, 6) is 0.671. The van der Waals surface area contributed by atoms with Crippen LogP contribution in [0.4, 0.5) is 5.82 Å². The first-order valence-electron chi connectivity index (χ1n) is 4.36. The molecule has 0 saturated carbocycles. The van der Waals surface area contributed by atoms with Crippen molar-refractivity contribution in [2.75, 3.05) is 11.4 Å². The maximum atomic E-state index is 11.5. The Morgan fingerprint density at radius 2 is 2.43 bits per heavy atom. The smallest absolute Gasteiger partial charge is 0.229 e. The first kappa shape index (κ1) is 9.67. The van der Waals surface area contributed by atoms with E-state index >= 15 is 0 Å². The van der Waals surface area contributed by atoms with Crippen LogP contribution in [0.3, 0.4) is 0 Å². The van der Waals surface area contributed by atoms with Gasteiger partial charge in [-0.05, 0) is 22.9 Å². The zero-order valence-corrected chi connectivity index (χ0v) is 9.34. The Morgan fingerprint density at radius 1 is 1.71 bits per heavy atom. The molecule has 1 unspecified atom stereocenters. The van der Waals surface area contributed by atoms with E-state index in [9.17, 15) is 4.79 Å². The number of amides is 1. The quantitative estimate of drug-likeness (QED) is 0.773. The summed E-state index contributed by atoms with van der Waals surface area (Å²) in [6.45, 7) is 2.43. The lowest BCUT2D eigenvalue weighted by molar-refractivity contribution is -0.117. The van der Waals surface area contributed by atoms with Crippen LogP contribution in [0.2, 0.25) is 0 Å². The Kier molecular flexibility index (Phi) is 2.32. The highest BCUT2D eigenvalue weighted by molar-refractivity contribution is 9.10. The second kappa shape index (κ2) is 3.36. The van der Waals surface area contributed by atoms with Gasteiger partial charge in [0.05, 0.1) is 4.47 Å². The summed E-state index contributed by atoms with van der Waals surface area (Å²) in [4.78, 5) is 13.1. The van der Waals surface area contributed by atoms with Crippen LogP contribution in [0.25, 0.3) is 0 Å². The molecule has 0 spiro atoms. The van der Waals surface area contributed by atoms with Crippen molar-refractivity contribution >= 4 is 27.7 Å². The Hall–Kier alpha value is -0.880. The normalized spacial score (nSPS) is 22.1. The Labute approximate surface area is 89.8 Å². The molecule has 5 nitrogen and oxygen atoms in total. The fraction of sp³-hybridized carbons (Fsp3) is 0.500. The van der Waals surface area contributed by atoms with E-state index in [0.29, 0.717) is 18.8 Å². The maximum Gasteiger partial charge on any atom is 0.229 e. The lowest BCUT2D eigenvalue weighted by Crippen LogP contribution is -2.28. The molecule has 0 bridgehead atoms. The molecular formula is C8H11BrN4O. The third-order valence-electron chi connectivity index (χ3n) is 2.27. The average Bonchev–Trinajstić information content (AvgIpc) is 2.59. The predicted octanol–water partition coefficient (Wildman–Crippen LogP) is 0.545. The van der Waals surface area contributed by atoms with Gasteiger partial charge in [0, 0.05) is 24.7 Å². The molecule has 1 amide bonds. The van der Waals surface area contributed by atoms with Crippen LogP contribution in [-0.2, 0) is 4.79 Å². The number of aromatic nitrogens is 2. The zero-order chi connectivity index (χ0) is 10.3. The van der Waals surface area contributed by atoms with Crippen molar-refractivity contribution in [3.8, 4) is 0 Å². The van der Waals surface area contributed by atoms with Crippen LogP contribution in [-0.4, -0.2) is 28.7 Å². The minimum atomic E-state index is -0.0774. The van der Waals surface area contributed by atoms with E-state index in [4.69, 9.17) is 5.73 Å². The minimum absolute atomic E-state index is 0.0321. The summed E-state index contributed by atoms with van der Waals surface area (Å²) < 4.78 is 0.833. The molecule has 0 aliphatic carbocycles. The van der Waals surface area contributed by atoms with Crippen molar-refractivity contribution in [1.82, 2.24) is 10.2 Å². The highest BCUT2D eigenvalue weighted by atomic mass is 79.9. The molecule has 2 heterocycles. The number of carbonyl (C=O) groups is 1. The van der Waals surface area contributed by atoms with Crippen molar-refractivity contribution in [2.24, 2.45) is 5.73 Å². The van der Waals surface area contributed by atoms with Crippen molar-refractivity contribution < 1.29 is 4.79 Å². The molecule has 1 fully saturated rings. The summed E-state index contributed by atoms with van der Waals surface area (Å²) in [6.07, 6.45) is 0.401. The number of aromatic amines is 1. The summed E-state index contributed by atoms with van der Waals surface area (Å²) in [5.41, 5.74) is 6.60. The highest BCUT2D eigenvalue weighted by Gasteiger charge is 2.31. The SMILES string of the molecule is Cc1[nH]nc(N2CC(N)CC2=O)c1Br. The van der Waals surface area contributed by atoms with Crippen molar-refractivity contribution in [1.29, 1.82) is 0 Å². The van der Waals surface area contributed by atoms with Crippen LogP contribution in [0.1, 0.15) is 12.1 Å². The third kappa shape index (κ3) is 1.44. The number of nitrogens with one attached hydrogen (secondary N) is 1. The standard InChI is InChI=1S/C8H11BrN4O/c1-4-7(9)8(12-11-4)13-3-5(10)2-6(13)14/h5H,2-3,10H2,1H3,(H,11,12). The maximum absolute atomic E-state index is 11.5. The number of carbonyl (C=O) groups excluding carboxylic acids is 1. The Balaban J connectivity index is 2.32. The summed E-state index contributed by atoms with van der Waals surface area (Å²) >= 11 is 3.38. The van der Waals surface area contributed by atoms with Crippen molar-refractivity contribution in [3.63, 3.8) is 0 Å². The first-order chi connectivity index (χ1) is 6.59.